The molecule has 0 bridgehead atoms. The molecule has 2 nitrogen and oxygen atoms in total. The third-order valence-electron chi connectivity index (χ3n) is 2.32. The molecule has 0 aliphatic heterocycles. The molecule has 0 fully saturated rings. The Labute approximate surface area is 86.3 Å². The first kappa shape index (κ1) is 10.9. The van der Waals surface area contributed by atoms with Gasteiger partial charge in [0.2, 0.25) is 0 Å². The van der Waals surface area contributed by atoms with Crippen molar-refractivity contribution in [1.82, 2.24) is 4.90 Å². The summed E-state index contributed by atoms with van der Waals surface area (Å²) >= 11 is 0. The molecule has 0 heterocycles. The molecule has 0 amide bonds. The van der Waals surface area contributed by atoms with Crippen LogP contribution in [0.25, 0.3) is 0 Å². The molecule has 0 aromatic heterocycles. The maximum absolute atomic E-state index is 4.02. The molecule has 1 aliphatic rings. The van der Waals surface area contributed by atoms with Crippen molar-refractivity contribution in [2.75, 3.05) is 20.6 Å². The third-order valence-corrected chi connectivity index (χ3v) is 2.32. The van der Waals surface area contributed by atoms with Crippen LogP contribution in [0, 0.1) is 0 Å². The first-order chi connectivity index (χ1) is 6.69. The number of aliphatic imine (C=N–C) groups is 1. The fourth-order valence-electron chi connectivity index (χ4n) is 1.75. The van der Waals surface area contributed by atoms with Crippen molar-refractivity contribution in [3.05, 3.63) is 35.6 Å². The molecule has 0 saturated carbocycles. The summed E-state index contributed by atoms with van der Waals surface area (Å²) in [5.74, 6) is 0. The first-order valence-electron chi connectivity index (χ1n) is 4.85. The van der Waals surface area contributed by atoms with Gasteiger partial charge >= 0.3 is 0 Å². The first-order valence-corrected chi connectivity index (χ1v) is 4.85. The number of nitrogens with zero attached hydrogens (tertiary/aromatic N) is 2. The van der Waals surface area contributed by atoms with E-state index < -0.39 is 0 Å². The Morgan fingerprint density at radius 2 is 2.29 bits per heavy atom. The van der Waals surface area contributed by atoms with Gasteiger partial charge in [-0.3, -0.25) is 4.99 Å². The highest BCUT2D eigenvalue weighted by Crippen LogP contribution is 2.26. The molecular formula is C12H18N2. The average molecular weight is 190 g/mol. The van der Waals surface area contributed by atoms with E-state index in [2.05, 4.69) is 43.4 Å². The maximum Gasteiger partial charge on any atom is 0.0654 e. The number of likely N-dealkylation sites (N-methyl/N-ethyl adjacent to an activating group) is 1. The molecule has 0 spiro atoms. The Hall–Kier alpha value is -1.15. The molecule has 1 rings (SSSR count). The van der Waals surface area contributed by atoms with E-state index >= 15 is 0 Å². The van der Waals surface area contributed by atoms with E-state index in [1.54, 1.807) is 0 Å². The Bertz CT molecular complexity index is 295. The van der Waals surface area contributed by atoms with Crippen molar-refractivity contribution in [3.63, 3.8) is 0 Å². The fourth-order valence-corrected chi connectivity index (χ4v) is 1.75. The lowest BCUT2D eigenvalue weighted by atomic mass is 9.94. The minimum atomic E-state index is 0.980. The van der Waals surface area contributed by atoms with E-state index in [4.69, 9.17) is 0 Å². The number of hydrogen-bond acceptors (Lipinski definition) is 2. The molecule has 0 aromatic rings. The van der Waals surface area contributed by atoms with Crippen molar-refractivity contribution in [1.29, 1.82) is 0 Å². The van der Waals surface area contributed by atoms with Crippen LogP contribution in [0.3, 0.4) is 0 Å². The topological polar surface area (TPSA) is 15.6 Å². The SMILES string of the molecule is C=CC1=C(CN(C)C)CCC=C1N=C. The minimum absolute atomic E-state index is 0.980. The van der Waals surface area contributed by atoms with Gasteiger partial charge in [-0.2, -0.15) is 0 Å². The Balaban J connectivity index is 2.96. The van der Waals surface area contributed by atoms with Crippen LogP contribution in [0.2, 0.25) is 0 Å². The summed E-state index contributed by atoms with van der Waals surface area (Å²) in [6.45, 7) is 8.40. The van der Waals surface area contributed by atoms with E-state index in [0.717, 1.165) is 25.1 Å². The van der Waals surface area contributed by atoms with E-state index in [1.807, 2.05) is 6.08 Å². The zero-order chi connectivity index (χ0) is 10.6. The Morgan fingerprint density at radius 3 is 2.79 bits per heavy atom. The van der Waals surface area contributed by atoms with Gasteiger partial charge in [-0.15, -0.1) is 0 Å². The smallest absolute Gasteiger partial charge is 0.0654 e. The Morgan fingerprint density at radius 1 is 1.57 bits per heavy atom. The second-order valence-electron chi connectivity index (χ2n) is 3.75. The highest BCUT2D eigenvalue weighted by atomic mass is 15.0. The summed E-state index contributed by atoms with van der Waals surface area (Å²) in [5, 5.41) is 0. The highest BCUT2D eigenvalue weighted by molar-refractivity contribution is 5.48. The van der Waals surface area contributed by atoms with Crippen LogP contribution in [0.4, 0.5) is 0 Å². The zero-order valence-electron chi connectivity index (χ0n) is 9.08. The summed E-state index contributed by atoms with van der Waals surface area (Å²) in [7, 11) is 4.15. The second kappa shape index (κ2) is 4.91. The summed E-state index contributed by atoms with van der Waals surface area (Å²) in [5.41, 5.74) is 3.57. The standard InChI is InChI=1S/C12H18N2/c1-5-11-10(9-14(3)4)7-6-8-12(11)13-2/h5,8H,1-2,6-7,9H2,3-4H3. The molecule has 0 aromatic carbocycles. The summed E-state index contributed by atoms with van der Waals surface area (Å²) in [4.78, 5) is 6.19. The molecule has 76 valence electrons. The zero-order valence-corrected chi connectivity index (χ0v) is 9.08. The van der Waals surface area contributed by atoms with Gasteiger partial charge in [-0.1, -0.05) is 18.7 Å². The van der Waals surface area contributed by atoms with Gasteiger partial charge in [0.15, 0.2) is 0 Å². The quantitative estimate of drug-likeness (QED) is 0.622. The molecular weight excluding hydrogens is 172 g/mol. The largest absolute Gasteiger partial charge is 0.305 e. The van der Waals surface area contributed by atoms with Crippen LogP contribution in [-0.4, -0.2) is 32.3 Å². The van der Waals surface area contributed by atoms with E-state index in [-0.39, 0.29) is 0 Å². The van der Waals surface area contributed by atoms with Gasteiger partial charge in [-0.25, -0.2) is 0 Å². The van der Waals surface area contributed by atoms with Gasteiger partial charge in [0.05, 0.1) is 5.70 Å². The molecule has 2 heteroatoms. The predicted molar refractivity (Wildman–Crippen MR) is 62.6 cm³/mol. The minimum Gasteiger partial charge on any atom is -0.305 e. The highest BCUT2D eigenvalue weighted by Gasteiger charge is 2.12. The van der Waals surface area contributed by atoms with Gasteiger partial charge in [0.25, 0.3) is 0 Å². The Kier molecular flexibility index (Phi) is 3.84. The molecule has 0 N–H and O–H groups in total. The third kappa shape index (κ3) is 2.42. The monoisotopic (exact) mass is 190 g/mol. The number of allylic oxidation sites excluding steroid dienone is 2. The summed E-state index contributed by atoms with van der Waals surface area (Å²) < 4.78 is 0. The summed E-state index contributed by atoms with van der Waals surface area (Å²) in [6, 6.07) is 0. The van der Waals surface area contributed by atoms with Crippen LogP contribution in [0.1, 0.15) is 12.8 Å². The van der Waals surface area contributed by atoms with Crippen LogP contribution in [0.15, 0.2) is 40.6 Å². The van der Waals surface area contributed by atoms with Crippen molar-refractivity contribution in [3.8, 4) is 0 Å². The summed E-state index contributed by atoms with van der Waals surface area (Å²) in [6.07, 6.45) is 6.19. The average Bonchev–Trinajstić information content (AvgIpc) is 2.16. The van der Waals surface area contributed by atoms with Crippen molar-refractivity contribution in [2.45, 2.75) is 12.8 Å². The molecule has 1 aliphatic carbocycles. The van der Waals surface area contributed by atoms with E-state index in [9.17, 15) is 0 Å². The van der Waals surface area contributed by atoms with Crippen LogP contribution >= 0.6 is 0 Å². The van der Waals surface area contributed by atoms with Gasteiger partial charge in [-0.05, 0) is 44.8 Å². The molecule has 0 atom stereocenters. The lowest BCUT2D eigenvalue weighted by molar-refractivity contribution is 0.437. The van der Waals surface area contributed by atoms with Crippen LogP contribution in [-0.2, 0) is 0 Å². The van der Waals surface area contributed by atoms with E-state index in [1.165, 1.54) is 11.1 Å². The number of hydrogen-bond donors (Lipinski definition) is 0. The van der Waals surface area contributed by atoms with Crippen LogP contribution < -0.4 is 0 Å². The molecule has 0 radical (unpaired) electrons. The van der Waals surface area contributed by atoms with Gasteiger partial charge < -0.3 is 4.90 Å². The van der Waals surface area contributed by atoms with Crippen LogP contribution in [0.5, 0.6) is 0 Å². The maximum atomic E-state index is 4.02. The van der Waals surface area contributed by atoms with E-state index in [0.29, 0.717) is 0 Å². The normalized spacial score (nSPS) is 16.9. The van der Waals surface area contributed by atoms with Gasteiger partial charge in [0, 0.05) is 6.54 Å². The van der Waals surface area contributed by atoms with Crippen molar-refractivity contribution in [2.24, 2.45) is 4.99 Å². The second-order valence-corrected chi connectivity index (χ2v) is 3.75. The molecule has 14 heavy (non-hydrogen) atoms. The molecule has 0 saturated heterocycles. The fraction of sp³-hybridized carbons (Fsp3) is 0.417. The lowest BCUT2D eigenvalue weighted by Gasteiger charge is -2.20. The lowest BCUT2D eigenvalue weighted by Crippen LogP contribution is -2.17. The van der Waals surface area contributed by atoms with Crippen molar-refractivity contribution >= 4 is 6.72 Å². The number of rotatable bonds is 4. The predicted octanol–water partition coefficient (Wildman–Crippen LogP) is 2.41. The molecule has 0 unspecified atom stereocenters. The van der Waals surface area contributed by atoms with Crippen molar-refractivity contribution < 1.29 is 0 Å². The van der Waals surface area contributed by atoms with Gasteiger partial charge in [0.1, 0.15) is 0 Å².